The van der Waals surface area contributed by atoms with E-state index < -0.39 is 18.0 Å². The molecule has 0 saturated heterocycles. The summed E-state index contributed by atoms with van der Waals surface area (Å²) in [5.74, 6) is -1.45. The quantitative estimate of drug-likeness (QED) is 0.0500. The van der Waals surface area contributed by atoms with Crippen LogP contribution in [0.5, 0.6) is 0 Å². The lowest BCUT2D eigenvalue weighted by Gasteiger charge is -2.33. The number of rotatable bonds is 39. The number of unbranched alkanes of at least 4 members (excludes halogenated alkanes) is 32. The van der Waals surface area contributed by atoms with Crippen molar-refractivity contribution in [3.05, 3.63) is 0 Å². The van der Waals surface area contributed by atoms with Crippen molar-refractivity contribution < 1.29 is 24.3 Å². The van der Waals surface area contributed by atoms with E-state index in [1.807, 2.05) is 21.1 Å². The first kappa shape index (κ1) is 47.1. The maximum atomic E-state index is 12.6. The van der Waals surface area contributed by atoms with Crippen molar-refractivity contribution in [2.45, 2.75) is 237 Å². The number of carbonyl (C=O) groups excluding carboxylic acids is 1. The predicted octanol–water partition coefficient (Wildman–Crippen LogP) is 12.8. The maximum Gasteiger partial charge on any atom is 0.306 e. The van der Waals surface area contributed by atoms with Gasteiger partial charge in [0, 0.05) is 6.42 Å². The van der Waals surface area contributed by atoms with Crippen LogP contribution in [0, 0.1) is 0 Å². The number of aliphatic carboxylic acids is 1. The highest BCUT2D eigenvalue weighted by atomic mass is 16.4. The lowest BCUT2D eigenvalue weighted by molar-refractivity contribution is -0.875. The summed E-state index contributed by atoms with van der Waals surface area (Å²) < 4.78 is 0.356. The Labute approximate surface area is 300 Å². The number of hydrogen-bond donors (Lipinski definition) is 2. The van der Waals surface area contributed by atoms with Gasteiger partial charge in [-0.05, 0) is 6.42 Å². The van der Waals surface area contributed by atoms with E-state index in [-0.39, 0.29) is 18.7 Å². The van der Waals surface area contributed by atoms with Crippen LogP contribution in [0.25, 0.3) is 0 Å². The molecule has 0 aromatic heterocycles. The summed E-state index contributed by atoms with van der Waals surface area (Å²) in [5, 5.41) is 19.9. The molecular weight excluding hydrogens is 594 g/mol. The lowest BCUT2D eigenvalue weighted by Crippen LogP contribution is -2.54. The molecule has 5 heteroatoms. The SMILES string of the molecule is CCCCCCCCCCCCCCCCCCCCCCCCCCCCCCCCCCCC(=O)C(O)(CC(=O)O)C[N+](C)(C)C. The zero-order valence-corrected chi connectivity index (χ0v) is 33.1. The largest absolute Gasteiger partial charge is 0.481 e. The molecule has 0 amide bonds. The third kappa shape index (κ3) is 33.6. The van der Waals surface area contributed by atoms with Crippen LogP contribution in [-0.2, 0) is 9.59 Å². The lowest BCUT2D eigenvalue weighted by atomic mass is 9.89. The Balaban J connectivity index is 3.33. The summed E-state index contributed by atoms with van der Waals surface area (Å²) in [5.41, 5.74) is -1.77. The Morgan fingerprint density at radius 1 is 0.438 bits per heavy atom. The van der Waals surface area contributed by atoms with Gasteiger partial charge in [-0.25, -0.2) is 0 Å². The van der Waals surface area contributed by atoms with Crippen LogP contribution in [0.3, 0.4) is 0 Å². The van der Waals surface area contributed by atoms with Crippen molar-refractivity contribution in [2.75, 3.05) is 27.7 Å². The van der Waals surface area contributed by atoms with Crippen molar-refractivity contribution in [3.8, 4) is 0 Å². The van der Waals surface area contributed by atoms with Crippen LogP contribution in [0.2, 0.25) is 0 Å². The standard InChI is InChI=1S/C43H85NO4/c1-5-6-7-8-9-10-11-12-13-14-15-16-17-18-19-20-21-22-23-24-25-26-27-28-29-30-31-32-33-34-35-36-37-38-41(45)43(48,39-42(46)47)40-44(2,3)4/h48H,5-40H2,1-4H3/p+1. The molecule has 0 aromatic carbocycles. The Hall–Kier alpha value is -0.940. The van der Waals surface area contributed by atoms with Gasteiger partial charge < -0.3 is 14.7 Å². The molecule has 0 saturated carbocycles. The second-order valence-corrected chi connectivity index (χ2v) is 16.5. The first-order valence-electron chi connectivity index (χ1n) is 21.4. The zero-order chi connectivity index (χ0) is 35.6. The third-order valence-electron chi connectivity index (χ3n) is 10.2. The summed E-state index contributed by atoms with van der Waals surface area (Å²) >= 11 is 0. The Bertz CT molecular complexity index is 718. The molecule has 5 nitrogen and oxygen atoms in total. The van der Waals surface area contributed by atoms with Crippen LogP contribution in [-0.4, -0.2) is 59.7 Å². The molecular formula is C43H86NO4+. The van der Waals surface area contributed by atoms with Crippen molar-refractivity contribution >= 4 is 11.8 Å². The molecule has 0 bridgehead atoms. The molecule has 0 rings (SSSR count). The van der Waals surface area contributed by atoms with Gasteiger partial charge in [-0.2, -0.15) is 0 Å². The molecule has 0 radical (unpaired) electrons. The first-order valence-corrected chi connectivity index (χ1v) is 21.4. The molecule has 0 aromatic rings. The Kier molecular flexibility index (Phi) is 32.6. The molecule has 48 heavy (non-hydrogen) atoms. The Morgan fingerprint density at radius 2 is 0.667 bits per heavy atom. The minimum Gasteiger partial charge on any atom is -0.481 e. The topological polar surface area (TPSA) is 74.6 Å². The molecule has 286 valence electrons. The zero-order valence-electron chi connectivity index (χ0n) is 33.1. The minimum absolute atomic E-state index is 0.123. The number of nitrogens with zero attached hydrogens (tertiary/aromatic N) is 1. The van der Waals surface area contributed by atoms with E-state index in [4.69, 9.17) is 5.11 Å². The van der Waals surface area contributed by atoms with Crippen LogP contribution >= 0.6 is 0 Å². The highest BCUT2D eigenvalue weighted by Crippen LogP contribution is 2.21. The predicted molar refractivity (Wildman–Crippen MR) is 208 cm³/mol. The van der Waals surface area contributed by atoms with Crippen LogP contribution in [0.4, 0.5) is 0 Å². The van der Waals surface area contributed by atoms with E-state index in [1.54, 1.807) is 0 Å². The van der Waals surface area contributed by atoms with Gasteiger partial charge in [0.05, 0.1) is 27.6 Å². The highest BCUT2D eigenvalue weighted by Gasteiger charge is 2.42. The van der Waals surface area contributed by atoms with Crippen LogP contribution < -0.4 is 0 Å². The number of Topliss-reactive ketones (excluding diaryl/α,β-unsaturated/α-hetero) is 1. The second-order valence-electron chi connectivity index (χ2n) is 16.5. The van der Waals surface area contributed by atoms with Gasteiger partial charge in [0.15, 0.2) is 11.4 Å². The third-order valence-corrected chi connectivity index (χ3v) is 10.2. The number of ketones is 1. The molecule has 0 heterocycles. The van der Waals surface area contributed by atoms with E-state index in [9.17, 15) is 14.7 Å². The fraction of sp³-hybridized carbons (Fsp3) is 0.953. The average Bonchev–Trinajstić information content (AvgIpc) is 3.01. The monoisotopic (exact) mass is 681 g/mol. The van der Waals surface area contributed by atoms with Crippen molar-refractivity contribution in [1.82, 2.24) is 0 Å². The van der Waals surface area contributed by atoms with Crippen LogP contribution in [0.1, 0.15) is 232 Å². The van der Waals surface area contributed by atoms with Gasteiger partial charge in [-0.15, -0.1) is 0 Å². The summed E-state index contributed by atoms with van der Waals surface area (Å²) in [6.07, 6.45) is 45.2. The van der Waals surface area contributed by atoms with Crippen LogP contribution in [0.15, 0.2) is 0 Å². The van der Waals surface area contributed by atoms with Crippen molar-refractivity contribution in [1.29, 1.82) is 0 Å². The molecule has 1 unspecified atom stereocenters. The van der Waals surface area contributed by atoms with E-state index in [0.29, 0.717) is 4.48 Å². The summed E-state index contributed by atoms with van der Waals surface area (Å²) in [6, 6.07) is 0. The fourth-order valence-corrected chi connectivity index (χ4v) is 7.35. The molecule has 0 aliphatic heterocycles. The number of quaternary nitrogens is 1. The van der Waals surface area contributed by atoms with E-state index in [1.165, 1.54) is 193 Å². The van der Waals surface area contributed by atoms with Gasteiger partial charge in [-0.3, -0.25) is 9.59 Å². The van der Waals surface area contributed by atoms with Gasteiger partial charge in [0.2, 0.25) is 0 Å². The number of carboxylic acid groups (broad SMARTS) is 1. The second kappa shape index (κ2) is 33.2. The normalized spacial score (nSPS) is 13.2. The summed E-state index contributed by atoms with van der Waals surface area (Å²) in [6.45, 7) is 2.42. The smallest absolute Gasteiger partial charge is 0.306 e. The number of likely N-dealkylation sites (N-methyl/N-ethyl adjacent to an activating group) is 1. The number of hydrogen-bond acceptors (Lipinski definition) is 3. The molecule has 1 atom stereocenters. The van der Waals surface area contributed by atoms with Crippen molar-refractivity contribution in [2.24, 2.45) is 0 Å². The highest BCUT2D eigenvalue weighted by molar-refractivity contribution is 5.91. The van der Waals surface area contributed by atoms with Gasteiger partial charge >= 0.3 is 5.97 Å². The minimum atomic E-state index is -1.77. The van der Waals surface area contributed by atoms with Gasteiger partial charge in [0.1, 0.15) is 6.54 Å². The van der Waals surface area contributed by atoms with Crippen molar-refractivity contribution in [3.63, 3.8) is 0 Å². The fourth-order valence-electron chi connectivity index (χ4n) is 7.35. The number of aliphatic hydroxyl groups is 1. The van der Waals surface area contributed by atoms with E-state index in [0.717, 1.165) is 19.3 Å². The van der Waals surface area contributed by atoms with E-state index >= 15 is 0 Å². The molecule has 0 aliphatic rings. The van der Waals surface area contributed by atoms with Gasteiger partial charge in [0.25, 0.3) is 0 Å². The summed E-state index contributed by atoms with van der Waals surface area (Å²) in [7, 11) is 5.60. The molecule has 0 aliphatic carbocycles. The molecule has 0 fully saturated rings. The van der Waals surface area contributed by atoms with E-state index in [2.05, 4.69) is 6.92 Å². The maximum absolute atomic E-state index is 12.6. The molecule has 0 spiro atoms. The summed E-state index contributed by atoms with van der Waals surface area (Å²) in [4.78, 5) is 23.8. The first-order chi connectivity index (χ1) is 23.1. The van der Waals surface area contributed by atoms with Gasteiger partial charge in [-0.1, -0.05) is 212 Å². The Morgan fingerprint density at radius 3 is 0.875 bits per heavy atom. The number of carboxylic acids is 1. The average molecular weight is 681 g/mol. The molecule has 2 N–H and O–H groups in total. The number of carbonyl (C=O) groups is 2.